The van der Waals surface area contributed by atoms with Crippen LogP contribution in [0, 0.1) is 5.41 Å². The highest BCUT2D eigenvalue weighted by molar-refractivity contribution is 4.88. The maximum atomic E-state index is 5.66. The number of hydrogen-bond donors (Lipinski definition) is 1. The van der Waals surface area contributed by atoms with Crippen LogP contribution in [-0.4, -0.2) is 50.8 Å². The van der Waals surface area contributed by atoms with Crippen molar-refractivity contribution in [1.29, 1.82) is 0 Å². The predicted molar refractivity (Wildman–Crippen MR) is 71.3 cm³/mol. The quantitative estimate of drug-likeness (QED) is 0.794. The first-order chi connectivity index (χ1) is 8.35. The molecule has 2 rings (SSSR count). The van der Waals surface area contributed by atoms with Gasteiger partial charge in [-0.15, -0.1) is 0 Å². The Balaban J connectivity index is 1.87. The molecular formula is C14H28N2O. The Hall–Kier alpha value is -0.120. The topological polar surface area (TPSA) is 24.5 Å². The maximum absolute atomic E-state index is 5.66. The summed E-state index contributed by atoms with van der Waals surface area (Å²) >= 11 is 0. The average molecular weight is 240 g/mol. The first-order valence-corrected chi connectivity index (χ1v) is 7.35. The number of nitrogens with one attached hydrogen (secondary N) is 1. The lowest BCUT2D eigenvalue weighted by molar-refractivity contribution is 0.110. The van der Waals surface area contributed by atoms with Gasteiger partial charge in [0.15, 0.2) is 0 Å². The zero-order valence-electron chi connectivity index (χ0n) is 11.3. The van der Waals surface area contributed by atoms with E-state index in [1.54, 1.807) is 0 Å². The smallest absolute Gasteiger partial charge is 0.0547 e. The van der Waals surface area contributed by atoms with E-state index in [9.17, 15) is 0 Å². The number of nitrogens with zero attached hydrogens (tertiary/aromatic N) is 1. The first kappa shape index (κ1) is 13.3. The van der Waals surface area contributed by atoms with Crippen LogP contribution in [0.5, 0.6) is 0 Å². The van der Waals surface area contributed by atoms with E-state index in [0.717, 1.165) is 26.3 Å². The third-order valence-corrected chi connectivity index (χ3v) is 4.19. The molecule has 1 atom stereocenters. The molecule has 0 saturated carbocycles. The Labute approximate surface area is 106 Å². The van der Waals surface area contributed by atoms with Crippen LogP contribution in [0.15, 0.2) is 0 Å². The van der Waals surface area contributed by atoms with E-state index in [-0.39, 0.29) is 0 Å². The molecule has 0 aromatic rings. The molecule has 0 aliphatic carbocycles. The lowest BCUT2D eigenvalue weighted by Crippen LogP contribution is -2.45. The summed E-state index contributed by atoms with van der Waals surface area (Å²) in [6.07, 6.45) is 6.85. The summed E-state index contributed by atoms with van der Waals surface area (Å²) in [6, 6.07) is 0. The lowest BCUT2D eigenvalue weighted by Gasteiger charge is -2.34. The van der Waals surface area contributed by atoms with Crippen molar-refractivity contribution in [3.63, 3.8) is 0 Å². The highest BCUT2D eigenvalue weighted by Gasteiger charge is 2.36. The molecule has 100 valence electrons. The van der Waals surface area contributed by atoms with Crippen molar-refractivity contribution in [3.05, 3.63) is 0 Å². The van der Waals surface area contributed by atoms with Gasteiger partial charge in [-0.05, 0) is 38.9 Å². The Kier molecular flexibility index (Phi) is 5.26. The molecule has 2 aliphatic rings. The molecule has 17 heavy (non-hydrogen) atoms. The molecule has 0 radical (unpaired) electrons. The molecule has 2 aliphatic heterocycles. The molecule has 2 fully saturated rings. The van der Waals surface area contributed by atoms with Gasteiger partial charge in [0, 0.05) is 25.1 Å². The van der Waals surface area contributed by atoms with Crippen LogP contribution in [-0.2, 0) is 4.74 Å². The van der Waals surface area contributed by atoms with E-state index in [1.165, 1.54) is 51.7 Å². The molecule has 3 nitrogen and oxygen atoms in total. The van der Waals surface area contributed by atoms with Gasteiger partial charge in [-0.25, -0.2) is 0 Å². The number of rotatable bonds is 5. The minimum Gasteiger partial charge on any atom is -0.381 e. The van der Waals surface area contributed by atoms with Gasteiger partial charge in [0.05, 0.1) is 6.61 Å². The molecule has 0 aromatic heterocycles. The molecule has 1 unspecified atom stereocenters. The van der Waals surface area contributed by atoms with Crippen LogP contribution < -0.4 is 5.32 Å². The third kappa shape index (κ3) is 3.94. The highest BCUT2D eigenvalue weighted by Crippen LogP contribution is 2.30. The fourth-order valence-corrected chi connectivity index (χ4v) is 3.13. The minimum absolute atomic E-state index is 0.389. The van der Waals surface area contributed by atoms with E-state index in [1.807, 2.05) is 0 Å². The zero-order valence-corrected chi connectivity index (χ0v) is 11.3. The van der Waals surface area contributed by atoms with Crippen LogP contribution >= 0.6 is 0 Å². The van der Waals surface area contributed by atoms with E-state index < -0.39 is 0 Å². The summed E-state index contributed by atoms with van der Waals surface area (Å²) in [7, 11) is 0. The Morgan fingerprint density at radius 2 is 1.94 bits per heavy atom. The van der Waals surface area contributed by atoms with Crippen LogP contribution in [0.2, 0.25) is 0 Å². The summed E-state index contributed by atoms with van der Waals surface area (Å²) in [5.74, 6) is 0. The molecule has 0 amide bonds. The molecule has 2 heterocycles. The standard InChI is InChI=1S/C14H28N2O/c1-2-15-11-14(7-10-17-13-14)12-16-8-5-3-4-6-9-16/h15H,2-13H2,1H3. The van der Waals surface area contributed by atoms with Gasteiger partial charge in [0.1, 0.15) is 0 Å². The maximum Gasteiger partial charge on any atom is 0.0547 e. The first-order valence-electron chi connectivity index (χ1n) is 7.35. The van der Waals surface area contributed by atoms with Gasteiger partial charge in [-0.2, -0.15) is 0 Å². The van der Waals surface area contributed by atoms with Crippen molar-refractivity contribution in [2.75, 3.05) is 45.9 Å². The molecule has 1 N–H and O–H groups in total. The number of hydrogen-bond acceptors (Lipinski definition) is 3. The molecular weight excluding hydrogens is 212 g/mol. The summed E-state index contributed by atoms with van der Waals surface area (Å²) in [6.45, 7) is 10.1. The second kappa shape index (κ2) is 6.72. The molecule has 3 heteroatoms. The summed E-state index contributed by atoms with van der Waals surface area (Å²) in [5, 5.41) is 3.53. The van der Waals surface area contributed by atoms with E-state index in [4.69, 9.17) is 4.74 Å². The Morgan fingerprint density at radius 1 is 1.18 bits per heavy atom. The highest BCUT2D eigenvalue weighted by atomic mass is 16.5. The number of ether oxygens (including phenoxy) is 1. The van der Waals surface area contributed by atoms with Crippen LogP contribution in [0.4, 0.5) is 0 Å². The van der Waals surface area contributed by atoms with Gasteiger partial charge >= 0.3 is 0 Å². The van der Waals surface area contributed by atoms with E-state index >= 15 is 0 Å². The summed E-state index contributed by atoms with van der Waals surface area (Å²) in [4.78, 5) is 2.68. The molecule has 0 bridgehead atoms. The van der Waals surface area contributed by atoms with Crippen LogP contribution in [0.3, 0.4) is 0 Å². The van der Waals surface area contributed by atoms with Crippen LogP contribution in [0.25, 0.3) is 0 Å². The van der Waals surface area contributed by atoms with Crippen molar-refractivity contribution in [2.24, 2.45) is 5.41 Å². The Bertz CT molecular complexity index is 206. The molecule has 0 spiro atoms. The van der Waals surface area contributed by atoms with Gasteiger partial charge in [0.25, 0.3) is 0 Å². The van der Waals surface area contributed by atoms with E-state index in [2.05, 4.69) is 17.1 Å². The van der Waals surface area contributed by atoms with Crippen molar-refractivity contribution >= 4 is 0 Å². The fourth-order valence-electron chi connectivity index (χ4n) is 3.13. The minimum atomic E-state index is 0.389. The van der Waals surface area contributed by atoms with Crippen molar-refractivity contribution in [1.82, 2.24) is 10.2 Å². The van der Waals surface area contributed by atoms with Gasteiger partial charge in [0.2, 0.25) is 0 Å². The SMILES string of the molecule is CCNCC1(CN2CCCCCC2)CCOC1. The van der Waals surface area contributed by atoms with E-state index in [0.29, 0.717) is 5.41 Å². The fraction of sp³-hybridized carbons (Fsp3) is 1.00. The second-order valence-corrected chi connectivity index (χ2v) is 5.77. The monoisotopic (exact) mass is 240 g/mol. The molecule has 2 saturated heterocycles. The normalized spacial score (nSPS) is 31.6. The average Bonchev–Trinajstić information content (AvgIpc) is 2.64. The third-order valence-electron chi connectivity index (χ3n) is 4.19. The largest absolute Gasteiger partial charge is 0.381 e. The van der Waals surface area contributed by atoms with Gasteiger partial charge < -0.3 is 15.0 Å². The molecule has 0 aromatic carbocycles. The van der Waals surface area contributed by atoms with Crippen molar-refractivity contribution in [2.45, 2.75) is 39.0 Å². The van der Waals surface area contributed by atoms with Crippen LogP contribution in [0.1, 0.15) is 39.0 Å². The number of likely N-dealkylation sites (tertiary alicyclic amines) is 1. The summed E-state index contributed by atoms with van der Waals surface area (Å²) in [5.41, 5.74) is 0.389. The second-order valence-electron chi connectivity index (χ2n) is 5.77. The van der Waals surface area contributed by atoms with Crippen molar-refractivity contribution in [3.8, 4) is 0 Å². The zero-order chi connectivity index (χ0) is 12.0. The lowest BCUT2D eigenvalue weighted by atomic mass is 9.86. The van der Waals surface area contributed by atoms with Crippen molar-refractivity contribution < 1.29 is 4.74 Å². The summed E-state index contributed by atoms with van der Waals surface area (Å²) < 4.78 is 5.66. The van der Waals surface area contributed by atoms with Gasteiger partial charge in [-0.1, -0.05) is 19.8 Å². The van der Waals surface area contributed by atoms with Gasteiger partial charge in [-0.3, -0.25) is 0 Å². The predicted octanol–water partition coefficient (Wildman–Crippen LogP) is 1.88. The Morgan fingerprint density at radius 3 is 2.53 bits per heavy atom.